The third kappa shape index (κ3) is 2.54. The van der Waals surface area contributed by atoms with E-state index in [9.17, 15) is 4.79 Å². The first-order valence-electron chi connectivity index (χ1n) is 7.31. The molecule has 4 heteroatoms. The van der Waals surface area contributed by atoms with Crippen molar-refractivity contribution >= 4 is 5.91 Å². The average molecular weight is 269 g/mol. The van der Waals surface area contributed by atoms with Crippen LogP contribution in [-0.2, 0) is 0 Å². The Kier molecular flexibility index (Phi) is 3.70. The van der Waals surface area contributed by atoms with Gasteiger partial charge in [-0.1, -0.05) is 0 Å². The van der Waals surface area contributed by atoms with Gasteiger partial charge in [-0.3, -0.25) is 9.69 Å². The average Bonchev–Trinajstić information content (AvgIpc) is 3.17. The zero-order valence-corrected chi connectivity index (χ0v) is 11.6. The first-order valence-corrected chi connectivity index (χ1v) is 7.31. The molecule has 3 rings (SSSR count). The number of carbonyl (C=O) groups excluding carboxylic acids is 1. The van der Waals surface area contributed by atoms with Gasteiger partial charge in [0.05, 0.1) is 11.6 Å². The molecule has 2 saturated heterocycles. The van der Waals surface area contributed by atoms with Crippen molar-refractivity contribution in [2.75, 3.05) is 26.2 Å². The highest BCUT2D eigenvalue weighted by Gasteiger charge is 2.31. The van der Waals surface area contributed by atoms with Gasteiger partial charge in [-0.15, -0.1) is 0 Å². The Bertz CT molecular complexity index is 526. The number of nitriles is 1. The summed E-state index contributed by atoms with van der Waals surface area (Å²) in [7, 11) is 0. The summed E-state index contributed by atoms with van der Waals surface area (Å²) in [6.07, 6.45) is 3.67. The van der Waals surface area contributed by atoms with E-state index < -0.39 is 0 Å². The molecular formula is C16H19N3O. The molecule has 0 aliphatic carbocycles. The van der Waals surface area contributed by atoms with Gasteiger partial charge in [0.2, 0.25) is 0 Å². The fourth-order valence-corrected chi connectivity index (χ4v) is 3.20. The summed E-state index contributed by atoms with van der Waals surface area (Å²) >= 11 is 0. The number of likely N-dealkylation sites (tertiary alicyclic amines) is 2. The fourth-order valence-electron chi connectivity index (χ4n) is 3.20. The maximum absolute atomic E-state index is 12.4. The van der Waals surface area contributed by atoms with Crippen LogP contribution in [0.5, 0.6) is 0 Å². The Morgan fingerprint density at radius 1 is 1.15 bits per heavy atom. The van der Waals surface area contributed by atoms with E-state index in [1.165, 1.54) is 25.9 Å². The van der Waals surface area contributed by atoms with E-state index in [1.54, 1.807) is 24.3 Å². The molecule has 2 fully saturated rings. The van der Waals surface area contributed by atoms with Crippen molar-refractivity contribution in [3.63, 3.8) is 0 Å². The molecule has 4 nitrogen and oxygen atoms in total. The van der Waals surface area contributed by atoms with E-state index >= 15 is 0 Å². The molecule has 20 heavy (non-hydrogen) atoms. The number of hydrogen-bond acceptors (Lipinski definition) is 3. The maximum Gasteiger partial charge on any atom is 0.253 e. The van der Waals surface area contributed by atoms with Gasteiger partial charge >= 0.3 is 0 Å². The number of nitrogens with zero attached hydrogens (tertiary/aromatic N) is 3. The van der Waals surface area contributed by atoms with E-state index in [1.807, 2.05) is 4.90 Å². The monoisotopic (exact) mass is 269 g/mol. The highest BCUT2D eigenvalue weighted by molar-refractivity contribution is 5.94. The molecule has 0 bridgehead atoms. The molecule has 0 spiro atoms. The molecule has 1 atom stereocenters. The van der Waals surface area contributed by atoms with Gasteiger partial charge in [0.15, 0.2) is 0 Å². The molecule has 1 aromatic rings. The number of carbonyl (C=O) groups is 1. The normalized spacial score (nSPS) is 22.9. The Hall–Kier alpha value is -1.86. The second kappa shape index (κ2) is 5.64. The minimum atomic E-state index is 0.0937. The van der Waals surface area contributed by atoms with Crippen LogP contribution in [0, 0.1) is 11.3 Å². The topological polar surface area (TPSA) is 47.3 Å². The Morgan fingerprint density at radius 2 is 1.85 bits per heavy atom. The standard InChI is InChI=1S/C16H19N3O/c17-11-13-3-5-14(6-4-13)16(20)19-10-7-15(12-19)18-8-1-2-9-18/h3-6,15H,1-2,7-10,12H2. The second-order valence-corrected chi connectivity index (χ2v) is 5.63. The molecular weight excluding hydrogens is 250 g/mol. The summed E-state index contributed by atoms with van der Waals surface area (Å²) in [5, 5.41) is 8.78. The number of rotatable bonds is 2. The number of hydrogen-bond donors (Lipinski definition) is 0. The molecule has 0 saturated carbocycles. The lowest BCUT2D eigenvalue weighted by Gasteiger charge is -2.23. The molecule has 2 aliphatic heterocycles. The predicted molar refractivity (Wildman–Crippen MR) is 76.3 cm³/mol. The summed E-state index contributed by atoms with van der Waals surface area (Å²) < 4.78 is 0. The van der Waals surface area contributed by atoms with Crippen LogP contribution >= 0.6 is 0 Å². The first-order chi connectivity index (χ1) is 9.78. The zero-order chi connectivity index (χ0) is 13.9. The third-order valence-electron chi connectivity index (χ3n) is 4.37. The number of benzene rings is 1. The van der Waals surface area contributed by atoms with Crippen LogP contribution in [0.4, 0.5) is 0 Å². The molecule has 1 unspecified atom stereocenters. The molecule has 0 aromatic heterocycles. The van der Waals surface area contributed by atoms with E-state index in [4.69, 9.17) is 5.26 Å². The minimum absolute atomic E-state index is 0.0937. The lowest BCUT2D eigenvalue weighted by atomic mass is 10.1. The second-order valence-electron chi connectivity index (χ2n) is 5.63. The van der Waals surface area contributed by atoms with Gasteiger partial charge in [0, 0.05) is 24.7 Å². The maximum atomic E-state index is 12.4. The quantitative estimate of drug-likeness (QED) is 0.823. The summed E-state index contributed by atoms with van der Waals surface area (Å²) in [5.74, 6) is 0.0937. The minimum Gasteiger partial charge on any atom is -0.337 e. The van der Waals surface area contributed by atoms with Crippen LogP contribution in [-0.4, -0.2) is 47.9 Å². The molecule has 0 radical (unpaired) electrons. The molecule has 0 N–H and O–H groups in total. The molecule has 1 amide bonds. The van der Waals surface area contributed by atoms with Crippen LogP contribution in [0.2, 0.25) is 0 Å². The molecule has 1 aromatic carbocycles. The first kappa shape index (κ1) is 13.1. The highest BCUT2D eigenvalue weighted by atomic mass is 16.2. The molecule has 2 heterocycles. The van der Waals surface area contributed by atoms with Gasteiger partial charge in [-0.25, -0.2) is 0 Å². The van der Waals surface area contributed by atoms with Crippen molar-refractivity contribution < 1.29 is 4.79 Å². The van der Waals surface area contributed by atoms with Crippen molar-refractivity contribution in [1.29, 1.82) is 5.26 Å². The third-order valence-corrected chi connectivity index (χ3v) is 4.37. The predicted octanol–water partition coefficient (Wildman–Crippen LogP) is 1.87. The lowest BCUT2D eigenvalue weighted by molar-refractivity contribution is 0.0780. The highest BCUT2D eigenvalue weighted by Crippen LogP contribution is 2.21. The molecule has 104 valence electrons. The zero-order valence-electron chi connectivity index (χ0n) is 11.6. The van der Waals surface area contributed by atoms with E-state index in [0.717, 1.165) is 19.5 Å². The van der Waals surface area contributed by atoms with Crippen LogP contribution in [0.15, 0.2) is 24.3 Å². The Balaban J connectivity index is 1.64. The summed E-state index contributed by atoms with van der Waals surface area (Å²) in [4.78, 5) is 16.9. The van der Waals surface area contributed by atoms with Crippen molar-refractivity contribution in [2.45, 2.75) is 25.3 Å². The number of amides is 1. The van der Waals surface area contributed by atoms with Crippen molar-refractivity contribution in [2.24, 2.45) is 0 Å². The van der Waals surface area contributed by atoms with E-state index in [0.29, 0.717) is 17.2 Å². The largest absolute Gasteiger partial charge is 0.337 e. The Labute approximate surface area is 119 Å². The van der Waals surface area contributed by atoms with E-state index in [2.05, 4.69) is 11.0 Å². The van der Waals surface area contributed by atoms with Crippen LogP contribution in [0.1, 0.15) is 35.2 Å². The van der Waals surface area contributed by atoms with Crippen LogP contribution < -0.4 is 0 Å². The molecule has 2 aliphatic rings. The van der Waals surface area contributed by atoms with Crippen LogP contribution in [0.25, 0.3) is 0 Å². The SMILES string of the molecule is N#Cc1ccc(C(=O)N2CCC(N3CCCC3)C2)cc1. The lowest BCUT2D eigenvalue weighted by Crippen LogP contribution is -2.37. The smallest absolute Gasteiger partial charge is 0.253 e. The van der Waals surface area contributed by atoms with Crippen molar-refractivity contribution in [1.82, 2.24) is 9.80 Å². The van der Waals surface area contributed by atoms with Gasteiger partial charge in [-0.05, 0) is 56.6 Å². The van der Waals surface area contributed by atoms with Crippen molar-refractivity contribution in [3.05, 3.63) is 35.4 Å². The van der Waals surface area contributed by atoms with E-state index in [-0.39, 0.29) is 5.91 Å². The van der Waals surface area contributed by atoms with Crippen LogP contribution in [0.3, 0.4) is 0 Å². The summed E-state index contributed by atoms with van der Waals surface area (Å²) in [5.41, 5.74) is 1.28. The van der Waals surface area contributed by atoms with Gasteiger partial charge < -0.3 is 4.90 Å². The van der Waals surface area contributed by atoms with Gasteiger partial charge in [0.1, 0.15) is 0 Å². The van der Waals surface area contributed by atoms with Crippen molar-refractivity contribution in [3.8, 4) is 6.07 Å². The fraction of sp³-hybridized carbons (Fsp3) is 0.500. The Morgan fingerprint density at radius 3 is 2.50 bits per heavy atom. The van der Waals surface area contributed by atoms with Gasteiger partial charge in [-0.2, -0.15) is 5.26 Å². The summed E-state index contributed by atoms with van der Waals surface area (Å²) in [6.45, 7) is 4.06. The summed E-state index contributed by atoms with van der Waals surface area (Å²) in [6, 6.07) is 9.54. The van der Waals surface area contributed by atoms with Gasteiger partial charge in [0.25, 0.3) is 5.91 Å².